The molecular formula is C12H22N4OS. The van der Waals surface area contributed by atoms with Crippen LogP contribution >= 0.6 is 12.2 Å². The predicted molar refractivity (Wildman–Crippen MR) is 74.0 cm³/mol. The van der Waals surface area contributed by atoms with Crippen molar-refractivity contribution in [3.05, 3.63) is 10.6 Å². The summed E-state index contributed by atoms with van der Waals surface area (Å²) in [5, 5.41) is 9.88. The second kappa shape index (κ2) is 5.65. The van der Waals surface area contributed by atoms with Crippen molar-refractivity contribution < 1.29 is 4.79 Å². The number of hydrogen-bond donors (Lipinski definition) is 2. The maximum absolute atomic E-state index is 12.1. The van der Waals surface area contributed by atoms with Crippen molar-refractivity contribution >= 4 is 18.1 Å². The van der Waals surface area contributed by atoms with Crippen LogP contribution in [-0.2, 0) is 11.2 Å². The van der Waals surface area contributed by atoms with Crippen LogP contribution in [0.2, 0.25) is 0 Å². The highest BCUT2D eigenvalue weighted by molar-refractivity contribution is 7.71. The fourth-order valence-corrected chi connectivity index (χ4v) is 2.04. The van der Waals surface area contributed by atoms with Gasteiger partial charge in [-0.05, 0) is 46.3 Å². The number of aryl methyl sites for hydroxylation is 1. The Bertz CT molecular complexity index is 469. The van der Waals surface area contributed by atoms with E-state index in [2.05, 4.69) is 22.4 Å². The minimum Gasteiger partial charge on any atom is -0.350 e. The van der Waals surface area contributed by atoms with Gasteiger partial charge < -0.3 is 5.32 Å². The van der Waals surface area contributed by atoms with Gasteiger partial charge in [-0.25, -0.2) is 0 Å². The molecule has 1 atom stereocenters. The molecule has 1 aromatic heterocycles. The molecule has 1 heterocycles. The molecule has 1 unspecified atom stereocenters. The van der Waals surface area contributed by atoms with Crippen LogP contribution in [0, 0.1) is 4.77 Å². The number of aromatic amines is 1. The lowest BCUT2D eigenvalue weighted by atomic mass is 10.1. The lowest BCUT2D eigenvalue weighted by molar-refractivity contribution is -0.125. The number of nitrogens with one attached hydrogen (secondary N) is 2. The van der Waals surface area contributed by atoms with Crippen molar-refractivity contribution in [3.8, 4) is 0 Å². The van der Waals surface area contributed by atoms with Crippen LogP contribution in [-0.4, -0.2) is 26.2 Å². The van der Waals surface area contributed by atoms with E-state index in [1.807, 2.05) is 27.7 Å². The Labute approximate surface area is 113 Å². The first-order chi connectivity index (χ1) is 8.26. The van der Waals surface area contributed by atoms with Crippen molar-refractivity contribution in [3.63, 3.8) is 0 Å². The Kier molecular flexibility index (Phi) is 4.67. The molecule has 0 aliphatic rings. The second-order valence-electron chi connectivity index (χ2n) is 5.48. The molecule has 2 N–H and O–H groups in total. The average Bonchev–Trinajstić information content (AvgIpc) is 2.57. The van der Waals surface area contributed by atoms with Gasteiger partial charge in [-0.3, -0.25) is 14.5 Å². The molecule has 102 valence electrons. The van der Waals surface area contributed by atoms with Gasteiger partial charge in [-0.2, -0.15) is 5.10 Å². The molecule has 1 aromatic rings. The van der Waals surface area contributed by atoms with Crippen molar-refractivity contribution in [1.82, 2.24) is 20.1 Å². The molecule has 0 fully saturated rings. The SMILES string of the molecule is CCCc1n[nH]c(=S)n1C(C)C(=O)NC(C)(C)C. The Balaban J connectivity index is 2.96. The predicted octanol–water partition coefficient (Wildman–Crippen LogP) is 2.37. The molecule has 5 nitrogen and oxygen atoms in total. The lowest BCUT2D eigenvalue weighted by Gasteiger charge is -2.24. The summed E-state index contributed by atoms with van der Waals surface area (Å²) in [4.78, 5) is 12.1. The summed E-state index contributed by atoms with van der Waals surface area (Å²) in [5.74, 6) is 0.788. The Morgan fingerprint density at radius 2 is 2.17 bits per heavy atom. The standard InChI is InChI=1S/C12H22N4OS/c1-6-7-9-14-15-11(18)16(9)8(2)10(17)13-12(3,4)5/h8H,6-7H2,1-5H3,(H,13,17)(H,15,18). The molecule has 1 amide bonds. The van der Waals surface area contributed by atoms with Gasteiger partial charge in [0.1, 0.15) is 11.9 Å². The molecule has 6 heteroatoms. The highest BCUT2D eigenvalue weighted by Crippen LogP contribution is 2.13. The molecule has 0 aromatic carbocycles. The summed E-state index contributed by atoms with van der Waals surface area (Å²) in [6.07, 6.45) is 1.77. The van der Waals surface area contributed by atoms with Crippen LogP contribution in [0.1, 0.15) is 52.9 Å². The van der Waals surface area contributed by atoms with Gasteiger partial charge in [0.2, 0.25) is 5.91 Å². The average molecular weight is 270 g/mol. The summed E-state index contributed by atoms with van der Waals surface area (Å²) >= 11 is 5.19. The molecule has 0 aliphatic carbocycles. The summed E-state index contributed by atoms with van der Waals surface area (Å²) in [6.45, 7) is 9.78. The summed E-state index contributed by atoms with van der Waals surface area (Å²) < 4.78 is 2.29. The molecule has 0 radical (unpaired) electrons. The number of H-pyrrole nitrogens is 1. The van der Waals surface area contributed by atoms with E-state index in [0.717, 1.165) is 18.7 Å². The third-order valence-corrected chi connectivity index (χ3v) is 2.80. The Morgan fingerprint density at radius 3 is 2.67 bits per heavy atom. The lowest BCUT2D eigenvalue weighted by Crippen LogP contribution is -2.44. The number of carbonyl (C=O) groups excluding carboxylic acids is 1. The molecule has 1 rings (SSSR count). The molecule has 18 heavy (non-hydrogen) atoms. The van der Waals surface area contributed by atoms with E-state index in [1.54, 1.807) is 4.57 Å². The van der Waals surface area contributed by atoms with Gasteiger partial charge in [0.05, 0.1) is 0 Å². The van der Waals surface area contributed by atoms with E-state index in [1.165, 1.54) is 0 Å². The summed E-state index contributed by atoms with van der Waals surface area (Å²) in [6, 6.07) is -0.350. The number of rotatable bonds is 4. The zero-order valence-electron chi connectivity index (χ0n) is 11.7. The first kappa shape index (κ1) is 14.9. The fourth-order valence-electron chi connectivity index (χ4n) is 1.73. The molecule has 0 saturated heterocycles. The summed E-state index contributed by atoms with van der Waals surface area (Å²) in [5.41, 5.74) is -0.248. The van der Waals surface area contributed by atoms with E-state index in [4.69, 9.17) is 12.2 Å². The van der Waals surface area contributed by atoms with Gasteiger partial charge in [-0.1, -0.05) is 6.92 Å². The minimum absolute atomic E-state index is 0.0441. The van der Waals surface area contributed by atoms with Gasteiger partial charge in [0.25, 0.3) is 0 Å². The van der Waals surface area contributed by atoms with Crippen LogP contribution < -0.4 is 5.32 Å². The van der Waals surface area contributed by atoms with Crippen molar-refractivity contribution in [2.75, 3.05) is 0 Å². The zero-order chi connectivity index (χ0) is 13.9. The minimum atomic E-state index is -0.350. The molecule has 0 bridgehead atoms. The first-order valence-corrected chi connectivity index (χ1v) is 6.65. The largest absolute Gasteiger partial charge is 0.350 e. The molecule has 0 aliphatic heterocycles. The van der Waals surface area contributed by atoms with Crippen molar-refractivity contribution in [2.24, 2.45) is 0 Å². The van der Waals surface area contributed by atoms with E-state index in [9.17, 15) is 4.79 Å². The third kappa shape index (κ3) is 3.66. The Morgan fingerprint density at radius 1 is 1.56 bits per heavy atom. The second-order valence-corrected chi connectivity index (χ2v) is 5.87. The van der Waals surface area contributed by atoms with Crippen molar-refractivity contribution in [2.45, 2.75) is 59.0 Å². The Hall–Kier alpha value is -1.17. The van der Waals surface area contributed by atoms with E-state index in [0.29, 0.717) is 4.77 Å². The maximum Gasteiger partial charge on any atom is 0.243 e. The van der Waals surface area contributed by atoms with Gasteiger partial charge >= 0.3 is 0 Å². The van der Waals surface area contributed by atoms with E-state index < -0.39 is 0 Å². The molecule has 0 spiro atoms. The number of amides is 1. The maximum atomic E-state index is 12.1. The fraction of sp³-hybridized carbons (Fsp3) is 0.750. The van der Waals surface area contributed by atoms with Gasteiger partial charge in [0, 0.05) is 12.0 Å². The first-order valence-electron chi connectivity index (χ1n) is 6.24. The van der Waals surface area contributed by atoms with Crippen LogP contribution in [0.4, 0.5) is 0 Å². The quantitative estimate of drug-likeness (QED) is 0.826. The van der Waals surface area contributed by atoms with Gasteiger partial charge in [0.15, 0.2) is 4.77 Å². The number of hydrogen-bond acceptors (Lipinski definition) is 3. The third-order valence-electron chi connectivity index (χ3n) is 2.52. The molecule has 0 saturated carbocycles. The topological polar surface area (TPSA) is 62.7 Å². The highest BCUT2D eigenvalue weighted by atomic mass is 32.1. The highest BCUT2D eigenvalue weighted by Gasteiger charge is 2.23. The smallest absolute Gasteiger partial charge is 0.243 e. The monoisotopic (exact) mass is 270 g/mol. The molecular weight excluding hydrogens is 248 g/mol. The summed E-state index contributed by atoms with van der Waals surface area (Å²) in [7, 11) is 0. The van der Waals surface area contributed by atoms with E-state index in [-0.39, 0.29) is 17.5 Å². The number of nitrogens with zero attached hydrogens (tertiary/aromatic N) is 2. The van der Waals surface area contributed by atoms with E-state index >= 15 is 0 Å². The zero-order valence-corrected chi connectivity index (χ0v) is 12.5. The van der Waals surface area contributed by atoms with Crippen LogP contribution in [0.25, 0.3) is 0 Å². The normalized spacial score (nSPS) is 13.4. The van der Waals surface area contributed by atoms with Crippen LogP contribution in [0.3, 0.4) is 0 Å². The van der Waals surface area contributed by atoms with Crippen molar-refractivity contribution in [1.29, 1.82) is 0 Å². The van der Waals surface area contributed by atoms with Crippen LogP contribution in [0.5, 0.6) is 0 Å². The van der Waals surface area contributed by atoms with Crippen LogP contribution in [0.15, 0.2) is 0 Å². The van der Waals surface area contributed by atoms with Gasteiger partial charge in [-0.15, -0.1) is 0 Å². The number of aromatic nitrogens is 3. The number of carbonyl (C=O) groups is 1.